The summed E-state index contributed by atoms with van der Waals surface area (Å²) in [6.45, 7) is 0. The molecule has 0 N–H and O–H groups in total. The topological polar surface area (TPSA) is 0 Å². The van der Waals surface area contributed by atoms with Crippen LogP contribution < -0.4 is 0 Å². The van der Waals surface area contributed by atoms with E-state index in [0.717, 1.165) is 10.8 Å². The van der Waals surface area contributed by atoms with Gasteiger partial charge in [0.05, 0.1) is 15.1 Å². The molecule has 0 saturated carbocycles. The Morgan fingerprint density at radius 3 is 1.52 bits per heavy atom. The van der Waals surface area contributed by atoms with E-state index in [-0.39, 0.29) is 63.7 Å². The van der Waals surface area contributed by atoms with Crippen LogP contribution in [0.15, 0.2) is 157 Å². The summed E-state index contributed by atoms with van der Waals surface area (Å²) in [5, 5.41) is 3.46. The lowest BCUT2D eigenvalue weighted by molar-refractivity contribution is 1.63. The molecule has 0 bridgehead atoms. The summed E-state index contributed by atoms with van der Waals surface area (Å²) in [4.78, 5) is 0. The fraction of sp³-hybridized carbons (Fsp3) is 0. The smallest absolute Gasteiger partial charge is 0.0616 e. The fourth-order valence-electron chi connectivity index (χ4n) is 5.59. The van der Waals surface area contributed by atoms with Gasteiger partial charge in [-0.15, -0.1) is 0 Å². The highest BCUT2D eigenvalue weighted by Crippen LogP contribution is 2.44. The van der Waals surface area contributed by atoms with Gasteiger partial charge in [0.15, 0.2) is 0 Å². The first-order valence-electron chi connectivity index (χ1n) is 18.5. The molecule has 0 heterocycles. The predicted molar refractivity (Wildman–Crippen MR) is 173 cm³/mol. The zero-order valence-corrected chi connectivity index (χ0v) is 21.2. The Morgan fingerprint density at radius 1 is 0.350 bits per heavy atom. The van der Waals surface area contributed by atoms with Crippen LogP contribution in [0.25, 0.3) is 76.5 Å². The van der Waals surface area contributed by atoms with Crippen molar-refractivity contribution in [3.05, 3.63) is 157 Å². The van der Waals surface area contributed by atoms with Crippen molar-refractivity contribution in [2.45, 2.75) is 0 Å². The monoisotopic (exact) mass is 517 g/mol. The van der Waals surface area contributed by atoms with E-state index in [1.807, 2.05) is 36.4 Å². The van der Waals surface area contributed by atoms with Gasteiger partial charge >= 0.3 is 0 Å². The largest absolute Gasteiger partial charge is 0.0636 e. The second-order valence-corrected chi connectivity index (χ2v) is 9.62. The first-order valence-corrected chi connectivity index (χ1v) is 13.0. The number of rotatable bonds is 3. The van der Waals surface area contributed by atoms with Gasteiger partial charge in [-0.05, 0) is 82.5 Å². The van der Waals surface area contributed by atoms with E-state index in [1.165, 1.54) is 0 Å². The maximum Gasteiger partial charge on any atom is 0.0636 e. The maximum absolute atomic E-state index is 9.36. The molecule has 0 saturated heterocycles. The SMILES string of the molecule is [2H]c1c([2H])c(-c2c3ccccc3c(-c3c([2H])c([2H])c4c([2H])c([2H])c([2H])c([2H])c4c3[2H])c3ccccc23)c([2H])c([2H])c1-c1cccc2ccccc12. The van der Waals surface area contributed by atoms with Crippen LogP contribution in [0.4, 0.5) is 0 Å². The van der Waals surface area contributed by atoms with Crippen LogP contribution >= 0.6 is 0 Å². The third-order valence-electron chi connectivity index (χ3n) is 7.37. The highest BCUT2D eigenvalue weighted by molar-refractivity contribution is 6.21. The van der Waals surface area contributed by atoms with Gasteiger partial charge in [-0.3, -0.25) is 0 Å². The van der Waals surface area contributed by atoms with Gasteiger partial charge < -0.3 is 0 Å². The Balaban J connectivity index is 1.51. The van der Waals surface area contributed by atoms with Crippen molar-refractivity contribution in [3.8, 4) is 33.4 Å². The lowest BCUT2D eigenvalue weighted by atomic mass is 9.85. The van der Waals surface area contributed by atoms with Crippen molar-refractivity contribution in [1.29, 1.82) is 0 Å². The van der Waals surface area contributed by atoms with E-state index in [0.29, 0.717) is 38.2 Å². The zero-order chi connectivity index (χ0) is 36.0. The summed E-state index contributed by atoms with van der Waals surface area (Å²) in [5.74, 6) is 0. The molecular formula is C40H26. The first kappa shape index (κ1) is 14.3. The van der Waals surface area contributed by atoms with Crippen LogP contribution in [-0.2, 0) is 0 Å². The van der Waals surface area contributed by atoms with Crippen LogP contribution in [0.2, 0.25) is 0 Å². The molecule has 0 aromatic heterocycles. The molecule has 0 fully saturated rings. The number of hydrogen-bond acceptors (Lipinski definition) is 0. The molecule has 0 unspecified atom stereocenters. The molecule has 0 aliphatic heterocycles. The molecule has 8 aromatic rings. The number of fused-ring (bicyclic) bond motifs is 4. The molecule has 40 heavy (non-hydrogen) atoms. The molecular weight excluding hydrogens is 480 g/mol. The zero-order valence-electron chi connectivity index (χ0n) is 32.2. The van der Waals surface area contributed by atoms with Gasteiger partial charge in [0, 0.05) is 0 Å². The average Bonchev–Trinajstić information content (AvgIpc) is 3.14. The quantitative estimate of drug-likeness (QED) is 0.204. The third kappa shape index (κ3) is 3.61. The van der Waals surface area contributed by atoms with Gasteiger partial charge in [-0.1, -0.05) is 151 Å². The Kier molecular flexibility index (Phi) is 3.29. The summed E-state index contributed by atoms with van der Waals surface area (Å²) in [5.41, 5.74) is 1.73. The number of hydrogen-bond donors (Lipinski definition) is 0. The van der Waals surface area contributed by atoms with Crippen LogP contribution in [-0.4, -0.2) is 0 Å². The second-order valence-electron chi connectivity index (χ2n) is 9.62. The summed E-state index contributed by atoms with van der Waals surface area (Å²) in [6, 6.07) is 23.4. The molecule has 0 aliphatic carbocycles. The molecule has 0 aliphatic rings. The van der Waals surface area contributed by atoms with Gasteiger partial charge in [0.2, 0.25) is 0 Å². The maximum atomic E-state index is 9.36. The van der Waals surface area contributed by atoms with Crippen LogP contribution in [0, 0.1) is 0 Å². The Morgan fingerprint density at radius 2 is 0.850 bits per heavy atom. The van der Waals surface area contributed by atoms with Crippen molar-refractivity contribution in [3.63, 3.8) is 0 Å². The van der Waals surface area contributed by atoms with Gasteiger partial charge in [-0.2, -0.15) is 0 Å². The van der Waals surface area contributed by atoms with E-state index in [1.54, 1.807) is 54.6 Å². The second kappa shape index (κ2) is 9.22. The molecule has 0 atom stereocenters. The third-order valence-corrected chi connectivity index (χ3v) is 7.37. The minimum absolute atomic E-state index is 0.0161. The van der Waals surface area contributed by atoms with Crippen molar-refractivity contribution >= 4 is 43.1 Å². The van der Waals surface area contributed by atoms with Crippen LogP contribution in [0.1, 0.15) is 15.1 Å². The van der Waals surface area contributed by atoms with Crippen molar-refractivity contribution in [2.75, 3.05) is 0 Å². The van der Waals surface area contributed by atoms with E-state index < -0.39 is 30.2 Å². The molecule has 8 rings (SSSR count). The predicted octanol–water partition coefficient (Wildman–Crippen LogP) is 11.3. The summed E-state index contributed by atoms with van der Waals surface area (Å²) in [6.07, 6.45) is 0. The molecule has 0 heteroatoms. The van der Waals surface area contributed by atoms with E-state index in [4.69, 9.17) is 8.22 Å². The molecule has 0 radical (unpaired) electrons. The Hall–Kier alpha value is -5.20. The van der Waals surface area contributed by atoms with Crippen molar-refractivity contribution in [1.82, 2.24) is 0 Å². The lowest BCUT2D eigenvalue weighted by Gasteiger charge is -2.18. The van der Waals surface area contributed by atoms with Crippen LogP contribution in [0.5, 0.6) is 0 Å². The molecule has 186 valence electrons. The van der Waals surface area contributed by atoms with Gasteiger partial charge in [0.25, 0.3) is 0 Å². The minimum Gasteiger partial charge on any atom is -0.0616 e. The highest BCUT2D eigenvalue weighted by atomic mass is 14.2. The van der Waals surface area contributed by atoms with E-state index >= 15 is 0 Å². The summed E-state index contributed by atoms with van der Waals surface area (Å²) >= 11 is 0. The lowest BCUT2D eigenvalue weighted by Crippen LogP contribution is -1.91. The standard InChI is InChI=1S/C40H26/c1-2-12-31-26-32(25-20-27(31)10-1)40-37-17-7-5-15-35(37)39(36-16-6-8-18-38(36)40)30-23-21-29(22-24-30)34-19-9-13-28-11-3-4-14-33(28)34/h1-26H/i1D,2D,10D,12D,20D,21D,22D,23D,24D,25D,26D. The molecule has 0 nitrogen and oxygen atoms in total. The molecule has 0 amide bonds. The highest BCUT2D eigenvalue weighted by Gasteiger charge is 2.17. The number of benzene rings is 8. The van der Waals surface area contributed by atoms with Crippen molar-refractivity contribution < 1.29 is 15.1 Å². The Bertz CT molecular complexity index is 2730. The fourth-order valence-corrected chi connectivity index (χ4v) is 5.59. The van der Waals surface area contributed by atoms with Gasteiger partial charge in [-0.25, -0.2) is 0 Å². The van der Waals surface area contributed by atoms with E-state index in [2.05, 4.69) is 0 Å². The van der Waals surface area contributed by atoms with Crippen molar-refractivity contribution in [2.24, 2.45) is 0 Å². The minimum atomic E-state index is -0.542. The molecule has 8 aromatic carbocycles. The average molecular weight is 518 g/mol. The normalized spacial score (nSPS) is 15.3. The molecule has 0 spiro atoms. The van der Waals surface area contributed by atoms with E-state index in [9.17, 15) is 6.85 Å². The Labute approximate surface area is 249 Å². The summed E-state index contributed by atoms with van der Waals surface area (Å²) in [7, 11) is 0. The first-order chi connectivity index (χ1) is 24.5. The summed E-state index contributed by atoms with van der Waals surface area (Å²) < 4.78 is 98.1. The van der Waals surface area contributed by atoms with Gasteiger partial charge in [0.1, 0.15) is 0 Å². The van der Waals surface area contributed by atoms with Crippen LogP contribution in [0.3, 0.4) is 0 Å².